The van der Waals surface area contributed by atoms with Crippen LogP contribution in [0.1, 0.15) is 12.5 Å². The fourth-order valence-electron chi connectivity index (χ4n) is 4.92. The van der Waals surface area contributed by atoms with E-state index in [2.05, 4.69) is 0 Å². The topological polar surface area (TPSA) is 168 Å². The zero-order valence-corrected chi connectivity index (χ0v) is 27.3. The summed E-state index contributed by atoms with van der Waals surface area (Å²) in [6, 6.07) is 6.33. The van der Waals surface area contributed by atoms with E-state index in [-0.39, 0.29) is 32.6 Å². The zero-order valence-electron chi connectivity index (χ0n) is 27.3. The Balaban J connectivity index is 2.16. The third kappa shape index (κ3) is 15.8. The van der Waals surface area contributed by atoms with Crippen molar-refractivity contribution in [2.24, 2.45) is 0 Å². The molecule has 1 aromatic rings. The maximum absolute atomic E-state index is 12.6. The Kier molecular flexibility index (Phi) is 18.8. The van der Waals surface area contributed by atoms with E-state index in [0.29, 0.717) is 84.6 Å². The summed E-state index contributed by atoms with van der Waals surface area (Å²) in [4.78, 5) is 55.8. The maximum atomic E-state index is 12.6. The van der Waals surface area contributed by atoms with E-state index in [1.807, 2.05) is 33.8 Å². The molecule has 1 aromatic carbocycles. The predicted molar refractivity (Wildman–Crippen MR) is 167 cm³/mol. The first-order valence-corrected chi connectivity index (χ1v) is 15.5. The van der Waals surface area contributed by atoms with Gasteiger partial charge in [-0.05, 0) is 31.0 Å². The maximum Gasteiger partial charge on any atom is 0.321 e. The minimum Gasteiger partial charge on any atom is -0.491 e. The Morgan fingerprint density at radius 1 is 0.696 bits per heavy atom. The minimum atomic E-state index is -1.01. The van der Waals surface area contributed by atoms with Crippen LogP contribution in [0.25, 0.3) is 0 Å². The highest BCUT2D eigenvalue weighted by atomic mass is 16.5. The molecule has 0 unspecified atom stereocenters. The lowest BCUT2D eigenvalue weighted by Gasteiger charge is -2.35. The van der Waals surface area contributed by atoms with Gasteiger partial charge in [-0.1, -0.05) is 12.1 Å². The zero-order chi connectivity index (χ0) is 33.7. The van der Waals surface area contributed by atoms with Gasteiger partial charge in [0.25, 0.3) is 0 Å². The molecule has 0 aliphatic carbocycles. The Hall–Kier alpha value is -3.34. The number of carboxylic acids is 2. The lowest BCUT2D eigenvalue weighted by Crippen LogP contribution is -2.52. The Morgan fingerprint density at radius 2 is 1.17 bits per heavy atom. The Labute approximate surface area is 270 Å². The average molecular weight is 655 g/mol. The van der Waals surface area contributed by atoms with Gasteiger partial charge in [-0.15, -0.1) is 0 Å². The molecule has 2 rings (SSSR count). The number of esters is 2. The van der Waals surface area contributed by atoms with Crippen molar-refractivity contribution in [2.75, 3.05) is 119 Å². The van der Waals surface area contributed by atoms with E-state index in [4.69, 9.17) is 23.7 Å². The van der Waals surface area contributed by atoms with Crippen molar-refractivity contribution >= 4 is 23.9 Å². The highest BCUT2D eigenvalue weighted by molar-refractivity contribution is 5.74. The van der Waals surface area contributed by atoms with Crippen molar-refractivity contribution in [1.29, 1.82) is 0 Å². The number of rotatable bonds is 18. The molecule has 46 heavy (non-hydrogen) atoms. The highest BCUT2D eigenvalue weighted by Gasteiger charge is 2.28. The van der Waals surface area contributed by atoms with Crippen LogP contribution in [0.15, 0.2) is 24.3 Å². The monoisotopic (exact) mass is 654 g/mol. The molecule has 0 radical (unpaired) electrons. The van der Waals surface area contributed by atoms with Gasteiger partial charge in [0.1, 0.15) is 18.4 Å². The largest absolute Gasteiger partial charge is 0.491 e. The Morgan fingerprint density at radius 3 is 1.65 bits per heavy atom. The molecule has 1 fully saturated rings. The smallest absolute Gasteiger partial charge is 0.321 e. The van der Waals surface area contributed by atoms with Crippen molar-refractivity contribution in [3.05, 3.63) is 29.8 Å². The first-order chi connectivity index (χ1) is 22.1. The van der Waals surface area contributed by atoms with Crippen molar-refractivity contribution in [2.45, 2.75) is 19.4 Å². The second-order valence-corrected chi connectivity index (χ2v) is 10.8. The van der Waals surface area contributed by atoms with Crippen LogP contribution in [-0.4, -0.2) is 179 Å². The normalized spacial score (nSPS) is 16.9. The third-order valence-electron chi connectivity index (χ3n) is 7.54. The first-order valence-electron chi connectivity index (χ1n) is 15.5. The van der Waals surface area contributed by atoms with Crippen LogP contribution < -0.4 is 4.74 Å². The minimum absolute atomic E-state index is 0.00169. The number of carboxylic acid groups (broad SMARTS) is 2. The molecule has 15 nitrogen and oxygen atoms in total. The summed E-state index contributed by atoms with van der Waals surface area (Å²) in [5, 5.41) is 19.8. The van der Waals surface area contributed by atoms with Gasteiger partial charge in [0.2, 0.25) is 0 Å². The van der Waals surface area contributed by atoms with Gasteiger partial charge in [-0.2, -0.15) is 0 Å². The number of hydrogen-bond donors (Lipinski definition) is 2. The number of methoxy groups -OCH3 is 2. The van der Waals surface area contributed by atoms with Gasteiger partial charge in [0, 0.05) is 59.0 Å². The van der Waals surface area contributed by atoms with Crippen LogP contribution in [0.5, 0.6) is 5.75 Å². The van der Waals surface area contributed by atoms with Crippen molar-refractivity contribution in [3.8, 4) is 5.75 Å². The average Bonchev–Trinajstić information content (AvgIpc) is 3.03. The Bertz CT molecular complexity index is 1060. The summed E-state index contributed by atoms with van der Waals surface area (Å²) in [7, 11) is 2.61. The summed E-state index contributed by atoms with van der Waals surface area (Å²) in [5.74, 6) is -2.23. The van der Waals surface area contributed by atoms with Gasteiger partial charge >= 0.3 is 23.9 Å². The lowest BCUT2D eigenvalue weighted by atomic mass is 10.0. The lowest BCUT2D eigenvalue weighted by molar-refractivity contribution is -0.145. The molecule has 1 aliphatic heterocycles. The molecular weight excluding hydrogens is 604 g/mol. The number of ether oxygens (including phenoxy) is 5. The quantitative estimate of drug-likeness (QED) is 0.157. The highest BCUT2D eigenvalue weighted by Crippen LogP contribution is 2.16. The van der Waals surface area contributed by atoms with Crippen molar-refractivity contribution in [3.63, 3.8) is 0 Å². The standard InChI is InChI=1S/C31H50N4O11/c1-4-44-17-18-45-19-20-46-26-7-5-25(6-8-26)21-27(31(40)41)35-15-13-32(22-28(36)37)9-10-33(23-29(38)42-2)11-12-34(14-16-35)24-30(39)43-3/h5-8,27H,4,9-24H2,1-3H3,(H,36,37)(H,40,41)/t27-/m0/s1. The van der Waals surface area contributed by atoms with Gasteiger partial charge < -0.3 is 33.9 Å². The van der Waals surface area contributed by atoms with E-state index in [9.17, 15) is 29.4 Å². The van der Waals surface area contributed by atoms with Gasteiger partial charge in [-0.3, -0.25) is 38.8 Å². The first kappa shape index (κ1) is 38.8. The number of nitrogens with zero attached hydrogens (tertiary/aromatic N) is 4. The molecule has 1 aliphatic rings. The van der Waals surface area contributed by atoms with Gasteiger partial charge in [0.05, 0.1) is 53.7 Å². The van der Waals surface area contributed by atoms with Crippen LogP contribution >= 0.6 is 0 Å². The molecule has 1 saturated heterocycles. The molecule has 0 saturated carbocycles. The molecule has 1 atom stereocenters. The van der Waals surface area contributed by atoms with E-state index in [1.54, 1.807) is 17.0 Å². The second-order valence-electron chi connectivity index (χ2n) is 10.8. The van der Waals surface area contributed by atoms with Crippen molar-refractivity contribution in [1.82, 2.24) is 19.6 Å². The molecule has 1 heterocycles. The number of benzene rings is 1. The van der Waals surface area contributed by atoms with Crippen LogP contribution in [-0.2, 0) is 44.5 Å². The fourth-order valence-corrected chi connectivity index (χ4v) is 4.92. The molecule has 2 N–H and O–H groups in total. The van der Waals surface area contributed by atoms with E-state index < -0.39 is 29.9 Å². The van der Waals surface area contributed by atoms with Gasteiger partial charge in [-0.25, -0.2) is 0 Å². The molecule has 0 amide bonds. The van der Waals surface area contributed by atoms with E-state index in [1.165, 1.54) is 14.2 Å². The van der Waals surface area contributed by atoms with Crippen molar-refractivity contribution < 1.29 is 53.1 Å². The summed E-state index contributed by atoms with van der Waals surface area (Å²) < 4.78 is 26.1. The van der Waals surface area contributed by atoms with E-state index in [0.717, 1.165) is 5.56 Å². The summed E-state index contributed by atoms with van der Waals surface area (Å²) >= 11 is 0. The SMILES string of the molecule is CCOCCOCCOc1ccc(C[C@@H](C(=O)O)N2CCN(CC(=O)O)CCN(CC(=O)OC)CCN(CC(=O)OC)CC2)cc1. The summed E-state index contributed by atoms with van der Waals surface area (Å²) in [6.07, 6.45) is 0.207. The summed E-state index contributed by atoms with van der Waals surface area (Å²) in [5.41, 5.74) is 0.797. The molecular formula is C31H50N4O11. The predicted octanol–water partition coefficient (Wildman–Crippen LogP) is -0.234. The number of hydrogen-bond acceptors (Lipinski definition) is 13. The molecule has 0 spiro atoms. The van der Waals surface area contributed by atoms with Crippen LogP contribution in [0.4, 0.5) is 0 Å². The number of carbonyl (C=O) groups excluding carboxylic acids is 2. The number of aliphatic carboxylic acids is 2. The van der Waals surface area contributed by atoms with Crippen LogP contribution in [0, 0.1) is 0 Å². The molecule has 260 valence electrons. The van der Waals surface area contributed by atoms with E-state index >= 15 is 0 Å². The summed E-state index contributed by atoms with van der Waals surface area (Å²) in [6.45, 7) is 6.90. The molecule has 15 heteroatoms. The van der Waals surface area contributed by atoms with Crippen LogP contribution in [0.3, 0.4) is 0 Å². The molecule has 0 aromatic heterocycles. The van der Waals surface area contributed by atoms with Crippen LogP contribution in [0.2, 0.25) is 0 Å². The van der Waals surface area contributed by atoms with Gasteiger partial charge in [0.15, 0.2) is 0 Å². The number of carbonyl (C=O) groups is 4. The fraction of sp³-hybridized carbons (Fsp3) is 0.677. The third-order valence-corrected chi connectivity index (χ3v) is 7.54. The second kappa shape index (κ2) is 22.2. The molecule has 0 bridgehead atoms.